The molecule has 0 saturated carbocycles. The molecule has 0 spiro atoms. The molecule has 0 aliphatic carbocycles. The van der Waals surface area contributed by atoms with Crippen molar-refractivity contribution >= 4 is 23.9 Å². The lowest BCUT2D eigenvalue weighted by molar-refractivity contribution is 0.0600. The molecule has 0 unspecified atom stereocenters. The standard InChI is InChI=1S/C15H11ClFNO3/c1-8-12(15(20)21-2)13(11(7-19)14(16)18-8)9-3-5-10(17)6-4-9/h3-7H,1-2H3. The van der Waals surface area contributed by atoms with E-state index in [4.69, 9.17) is 16.3 Å². The van der Waals surface area contributed by atoms with E-state index in [9.17, 15) is 14.0 Å². The van der Waals surface area contributed by atoms with E-state index in [0.717, 1.165) is 0 Å². The molecule has 1 aromatic carbocycles. The molecule has 2 rings (SSSR count). The van der Waals surface area contributed by atoms with Crippen molar-refractivity contribution in [2.75, 3.05) is 7.11 Å². The van der Waals surface area contributed by atoms with Crippen LogP contribution in [0.5, 0.6) is 0 Å². The van der Waals surface area contributed by atoms with Crippen LogP contribution in [0.1, 0.15) is 26.4 Å². The van der Waals surface area contributed by atoms with Gasteiger partial charge in [0.25, 0.3) is 0 Å². The van der Waals surface area contributed by atoms with Gasteiger partial charge in [-0.2, -0.15) is 0 Å². The highest BCUT2D eigenvalue weighted by Crippen LogP contribution is 2.32. The molecule has 1 aromatic heterocycles. The van der Waals surface area contributed by atoms with Crippen LogP contribution in [0.4, 0.5) is 4.39 Å². The second-order valence-electron chi connectivity index (χ2n) is 4.27. The number of carbonyl (C=O) groups excluding carboxylic acids is 2. The van der Waals surface area contributed by atoms with Gasteiger partial charge in [-0.1, -0.05) is 23.7 Å². The summed E-state index contributed by atoms with van der Waals surface area (Å²) in [6.45, 7) is 1.58. The number of rotatable bonds is 3. The quantitative estimate of drug-likeness (QED) is 0.495. The summed E-state index contributed by atoms with van der Waals surface area (Å²) in [5.74, 6) is -1.07. The molecule has 2 aromatic rings. The Kier molecular flexibility index (Phi) is 4.33. The molecule has 6 heteroatoms. The minimum atomic E-state index is -0.640. The van der Waals surface area contributed by atoms with Crippen molar-refractivity contribution in [1.82, 2.24) is 4.98 Å². The van der Waals surface area contributed by atoms with Gasteiger partial charge in [0.05, 0.1) is 23.9 Å². The van der Waals surface area contributed by atoms with Gasteiger partial charge in [-0.25, -0.2) is 14.2 Å². The first-order chi connectivity index (χ1) is 9.99. The number of halogens is 2. The average Bonchev–Trinajstić information content (AvgIpc) is 2.46. The maximum absolute atomic E-state index is 13.1. The monoisotopic (exact) mass is 307 g/mol. The van der Waals surface area contributed by atoms with E-state index in [0.29, 0.717) is 17.5 Å². The summed E-state index contributed by atoms with van der Waals surface area (Å²) in [5.41, 5.74) is 1.29. The Balaban J connectivity index is 2.85. The summed E-state index contributed by atoms with van der Waals surface area (Å²) >= 11 is 5.97. The Morgan fingerprint density at radius 2 is 1.95 bits per heavy atom. The number of hydrogen-bond acceptors (Lipinski definition) is 4. The lowest BCUT2D eigenvalue weighted by Crippen LogP contribution is -2.11. The third-order valence-electron chi connectivity index (χ3n) is 3.01. The summed E-state index contributed by atoms with van der Waals surface area (Å²) in [6.07, 6.45) is 0.514. The second-order valence-corrected chi connectivity index (χ2v) is 4.63. The summed E-state index contributed by atoms with van der Waals surface area (Å²) in [6, 6.07) is 5.38. The normalized spacial score (nSPS) is 10.3. The lowest BCUT2D eigenvalue weighted by Gasteiger charge is -2.14. The summed E-state index contributed by atoms with van der Waals surface area (Å²) in [4.78, 5) is 27.3. The van der Waals surface area contributed by atoms with E-state index in [1.807, 2.05) is 0 Å². The SMILES string of the molecule is COC(=O)c1c(C)nc(Cl)c(C=O)c1-c1ccc(F)cc1. The number of aromatic nitrogens is 1. The molecule has 0 atom stereocenters. The number of methoxy groups -OCH3 is 1. The van der Waals surface area contributed by atoms with Crippen LogP contribution in [-0.4, -0.2) is 24.3 Å². The van der Waals surface area contributed by atoms with Gasteiger partial charge in [-0.3, -0.25) is 4.79 Å². The molecular weight excluding hydrogens is 297 g/mol. The second kappa shape index (κ2) is 6.01. The molecular formula is C15H11ClFNO3. The van der Waals surface area contributed by atoms with E-state index >= 15 is 0 Å². The Morgan fingerprint density at radius 3 is 2.48 bits per heavy atom. The third kappa shape index (κ3) is 2.78. The first kappa shape index (κ1) is 15.1. The van der Waals surface area contributed by atoms with Crippen LogP contribution in [0.25, 0.3) is 11.1 Å². The van der Waals surface area contributed by atoms with Crippen molar-refractivity contribution in [3.05, 3.63) is 52.1 Å². The fraction of sp³-hybridized carbons (Fsp3) is 0.133. The van der Waals surface area contributed by atoms with Gasteiger partial charge in [0.1, 0.15) is 11.0 Å². The van der Waals surface area contributed by atoms with Crippen LogP contribution >= 0.6 is 11.6 Å². The third-order valence-corrected chi connectivity index (χ3v) is 3.30. The average molecular weight is 308 g/mol. The van der Waals surface area contributed by atoms with Gasteiger partial charge in [-0.15, -0.1) is 0 Å². The molecule has 0 aliphatic heterocycles. The van der Waals surface area contributed by atoms with Crippen LogP contribution in [0.2, 0.25) is 5.15 Å². The number of pyridine rings is 1. The number of aldehydes is 1. The fourth-order valence-electron chi connectivity index (χ4n) is 2.06. The number of nitrogens with zero attached hydrogens (tertiary/aromatic N) is 1. The Bertz CT molecular complexity index is 714. The van der Waals surface area contributed by atoms with Crippen molar-refractivity contribution in [1.29, 1.82) is 0 Å². The van der Waals surface area contributed by atoms with Crippen LogP contribution in [0.15, 0.2) is 24.3 Å². The van der Waals surface area contributed by atoms with Crippen LogP contribution in [0, 0.1) is 12.7 Å². The van der Waals surface area contributed by atoms with Crippen LogP contribution < -0.4 is 0 Å². The molecule has 4 nitrogen and oxygen atoms in total. The molecule has 108 valence electrons. The lowest BCUT2D eigenvalue weighted by atomic mass is 9.95. The highest BCUT2D eigenvalue weighted by Gasteiger charge is 2.23. The topological polar surface area (TPSA) is 56.3 Å². The Morgan fingerprint density at radius 1 is 1.33 bits per heavy atom. The predicted molar refractivity (Wildman–Crippen MR) is 76.1 cm³/mol. The summed E-state index contributed by atoms with van der Waals surface area (Å²) < 4.78 is 17.8. The maximum atomic E-state index is 13.1. The summed E-state index contributed by atoms with van der Waals surface area (Å²) in [7, 11) is 1.23. The van der Waals surface area contributed by atoms with E-state index < -0.39 is 11.8 Å². The molecule has 0 N–H and O–H groups in total. The molecule has 0 fully saturated rings. The smallest absolute Gasteiger partial charge is 0.340 e. The zero-order valence-corrected chi connectivity index (χ0v) is 12.1. The van der Waals surface area contributed by atoms with Crippen molar-refractivity contribution in [2.24, 2.45) is 0 Å². The minimum absolute atomic E-state index is 0.0190. The van der Waals surface area contributed by atoms with E-state index in [1.54, 1.807) is 6.92 Å². The van der Waals surface area contributed by atoms with Gasteiger partial charge in [0.15, 0.2) is 6.29 Å². The molecule has 0 saturated heterocycles. The minimum Gasteiger partial charge on any atom is -0.465 e. The number of carbonyl (C=O) groups is 2. The first-order valence-electron chi connectivity index (χ1n) is 5.99. The molecule has 0 aliphatic rings. The predicted octanol–water partition coefficient (Wildman–Crippen LogP) is 3.45. The van der Waals surface area contributed by atoms with Crippen LogP contribution in [0.3, 0.4) is 0 Å². The Labute approximate surface area is 125 Å². The molecule has 1 heterocycles. The zero-order valence-electron chi connectivity index (χ0n) is 11.3. The number of hydrogen-bond donors (Lipinski definition) is 0. The van der Waals surface area contributed by atoms with Gasteiger partial charge in [0, 0.05) is 5.56 Å². The van der Waals surface area contributed by atoms with E-state index in [-0.39, 0.29) is 21.8 Å². The van der Waals surface area contributed by atoms with E-state index in [1.165, 1.54) is 31.4 Å². The first-order valence-corrected chi connectivity index (χ1v) is 6.37. The number of esters is 1. The zero-order chi connectivity index (χ0) is 15.6. The summed E-state index contributed by atoms with van der Waals surface area (Å²) in [5, 5.41) is -0.0190. The van der Waals surface area contributed by atoms with Gasteiger partial charge in [0.2, 0.25) is 0 Å². The largest absolute Gasteiger partial charge is 0.465 e. The van der Waals surface area contributed by atoms with Crippen molar-refractivity contribution in [2.45, 2.75) is 6.92 Å². The van der Waals surface area contributed by atoms with Gasteiger partial charge in [-0.05, 0) is 24.6 Å². The molecule has 0 bridgehead atoms. The van der Waals surface area contributed by atoms with E-state index in [2.05, 4.69) is 4.98 Å². The highest BCUT2D eigenvalue weighted by molar-refractivity contribution is 6.32. The number of ether oxygens (including phenoxy) is 1. The van der Waals surface area contributed by atoms with Gasteiger partial charge < -0.3 is 4.74 Å². The fourth-order valence-corrected chi connectivity index (χ4v) is 2.32. The van der Waals surface area contributed by atoms with Crippen molar-refractivity contribution in [3.63, 3.8) is 0 Å². The Hall–Kier alpha value is -2.27. The van der Waals surface area contributed by atoms with Crippen molar-refractivity contribution < 1.29 is 18.7 Å². The maximum Gasteiger partial charge on any atom is 0.340 e. The van der Waals surface area contributed by atoms with Crippen LogP contribution in [-0.2, 0) is 4.74 Å². The molecule has 0 amide bonds. The molecule has 21 heavy (non-hydrogen) atoms. The highest BCUT2D eigenvalue weighted by atomic mass is 35.5. The van der Waals surface area contributed by atoms with Gasteiger partial charge >= 0.3 is 5.97 Å². The van der Waals surface area contributed by atoms with Crippen molar-refractivity contribution in [3.8, 4) is 11.1 Å². The number of benzene rings is 1. The number of aryl methyl sites for hydroxylation is 1. The molecule has 0 radical (unpaired) electrons.